The first kappa shape index (κ1) is 24.4. The van der Waals surface area contributed by atoms with E-state index in [-0.39, 0.29) is 30.4 Å². The summed E-state index contributed by atoms with van der Waals surface area (Å²) in [6.45, 7) is 9.38. The molecule has 1 aliphatic heterocycles. The number of ether oxygens (including phenoxy) is 2. The van der Waals surface area contributed by atoms with Gasteiger partial charge >= 0.3 is 0 Å². The maximum atomic E-state index is 13.5. The van der Waals surface area contributed by atoms with Crippen LogP contribution in [-0.2, 0) is 4.74 Å². The Kier molecular flexibility index (Phi) is 9.40. The minimum Gasteiger partial charge on any atom is -0.493 e. The van der Waals surface area contributed by atoms with E-state index in [2.05, 4.69) is 44.3 Å². The summed E-state index contributed by atoms with van der Waals surface area (Å²) in [5.74, 6) is 0.856. The van der Waals surface area contributed by atoms with Gasteiger partial charge in [-0.2, -0.15) is 0 Å². The average Bonchev–Trinajstić information content (AvgIpc) is 2.71. The van der Waals surface area contributed by atoms with Crippen molar-refractivity contribution >= 4 is 29.1 Å². The second-order valence-electron chi connectivity index (χ2n) is 8.20. The van der Waals surface area contributed by atoms with Gasteiger partial charge in [0.1, 0.15) is 5.75 Å². The molecule has 1 N–H and O–H groups in total. The number of nitrogens with one attached hydrogen (secondary N) is 1. The largest absolute Gasteiger partial charge is 0.493 e. The van der Waals surface area contributed by atoms with Crippen molar-refractivity contribution in [1.82, 2.24) is 10.2 Å². The molecular formula is C24H35ClN2O3. The molecule has 0 spiro atoms. The van der Waals surface area contributed by atoms with Gasteiger partial charge in [0.05, 0.1) is 6.61 Å². The lowest BCUT2D eigenvalue weighted by Gasteiger charge is -2.37. The van der Waals surface area contributed by atoms with Crippen molar-refractivity contribution in [2.24, 2.45) is 0 Å². The highest BCUT2D eigenvalue weighted by atomic mass is 35.5. The van der Waals surface area contributed by atoms with Gasteiger partial charge in [-0.05, 0) is 63.7 Å². The first-order chi connectivity index (χ1) is 14.0. The summed E-state index contributed by atoms with van der Waals surface area (Å²) in [5, 5.41) is 5.52. The Bertz CT molecular complexity index is 835. The van der Waals surface area contributed by atoms with E-state index in [1.807, 2.05) is 17.0 Å². The smallest absolute Gasteiger partial charge is 0.254 e. The zero-order valence-electron chi connectivity index (χ0n) is 18.6. The van der Waals surface area contributed by atoms with Crippen molar-refractivity contribution in [2.45, 2.75) is 52.1 Å². The van der Waals surface area contributed by atoms with E-state index in [4.69, 9.17) is 9.47 Å². The Morgan fingerprint density at radius 2 is 2.03 bits per heavy atom. The first-order valence-electron chi connectivity index (χ1n) is 10.7. The molecule has 0 bridgehead atoms. The highest BCUT2D eigenvalue weighted by Crippen LogP contribution is 2.30. The van der Waals surface area contributed by atoms with Crippen molar-refractivity contribution in [1.29, 1.82) is 0 Å². The van der Waals surface area contributed by atoms with Gasteiger partial charge in [0.15, 0.2) is 0 Å². The van der Waals surface area contributed by atoms with Crippen LogP contribution in [0.1, 0.15) is 49.0 Å². The van der Waals surface area contributed by atoms with Gasteiger partial charge in [-0.1, -0.05) is 17.7 Å². The van der Waals surface area contributed by atoms with Crippen LogP contribution in [0.2, 0.25) is 0 Å². The normalized spacial score (nSPS) is 16.4. The number of rotatable bonds is 8. The summed E-state index contributed by atoms with van der Waals surface area (Å²) in [6, 6.07) is 10.6. The van der Waals surface area contributed by atoms with Gasteiger partial charge in [-0.15, -0.1) is 12.4 Å². The Morgan fingerprint density at radius 1 is 1.23 bits per heavy atom. The fourth-order valence-corrected chi connectivity index (χ4v) is 4.11. The number of carbonyl (C=O) groups excluding carboxylic acids is 1. The number of benzene rings is 2. The molecule has 1 amide bonds. The lowest BCUT2D eigenvalue weighted by Crippen LogP contribution is -2.51. The van der Waals surface area contributed by atoms with Crippen LogP contribution in [0.3, 0.4) is 0 Å². The van der Waals surface area contributed by atoms with Crippen LogP contribution >= 0.6 is 12.4 Å². The monoisotopic (exact) mass is 434 g/mol. The first-order valence-corrected chi connectivity index (χ1v) is 10.7. The molecular weight excluding hydrogens is 400 g/mol. The number of halogens is 1. The molecule has 2 aromatic rings. The zero-order valence-corrected chi connectivity index (χ0v) is 19.4. The van der Waals surface area contributed by atoms with Crippen molar-refractivity contribution in [2.75, 3.05) is 33.4 Å². The summed E-state index contributed by atoms with van der Waals surface area (Å²) in [6.07, 6.45) is 2.96. The third kappa shape index (κ3) is 5.87. The molecule has 1 atom stereocenters. The Morgan fingerprint density at radius 3 is 2.70 bits per heavy atom. The van der Waals surface area contributed by atoms with E-state index in [1.165, 1.54) is 5.56 Å². The summed E-state index contributed by atoms with van der Waals surface area (Å²) in [4.78, 5) is 15.6. The molecule has 0 unspecified atom stereocenters. The highest BCUT2D eigenvalue weighted by Gasteiger charge is 2.29. The Balaban J connectivity index is 0.00000320. The van der Waals surface area contributed by atoms with E-state index in [1.54, 1.807) is 7.11 Å². The van der Waals surface area contributed by atoms with E-state index >= 15 is 0 Å². The minimum absolute atomic E-state index is 0. The number of carbonyl (C=O) groups is 1. The third-order valence-corrected chi connectivity index (χ3v) is 5.52. The van der Waals surface area contributed by atoms with Crippen molar-refractivity contribution < 1.29 is 14.3 Å². The number of methoxy groups -OCH3 is 1. The third-order valence-electron chi connectivity index (χ3n) is 5.52. The number of hydrogen-bond acceptors (Lipinski definition) is 4. The SMILES string of the molecule is COCCCOc1cc(C(=O)N(C(C)C)[C@@H]2CCCNC2)cc2ccc(C)cc12.Cl. The molecule has 1 fully saturated rings. The molecule has 1 heterocycles. The van der Waals surface area contributed by atoms with Crippen molar-refractivity contribution in [3.8, 4) is 5.75 Å². The summed E-state index contributed by atoms with van der Waals surface area (Å²) in [7, 11) is 1.69. The maximum absolute atomic E-state index is 13.5. The molecule has 5 nitrogen and oxygen atoms in total. The molecule has 0 saturated carbocycles. The lowest BCUT2D eigenvalue weighted by atomic mass is 10.00. The van der Waals surface area contributed by atoms with E-state index in [9.17, 15) is 4.79 Å². The van der Waals surface area contributed by atoms with Gasteiger partial charge in [0.2, 0.25) is 0 Å². The number of aryl methyl sites for hydroxylation is 1. The van der Waals surface area contributed by atoms with Gasteiger partial charge in [0, 0.05) is 49.7 Å². The predicted octanol–water partition coefficient (Wildman–Crippen LogP) is 4.59. The van der Waals surface area contributed by atoms with Crippen LogP contribution in [-0.4, -0.2) is 56.3 Å². The van der Waals surface area contributed by atoms with Gasteiger partial charge < -0.3 is 19.7 Å². The van der Waals surface area contributed by atoms with E-state index < -0.39 is 0 Å². The molecule has 0 radical (unpaired) electrons. The number of fused-ring (bicyclic) bond motifs is 1. The van der Waals surface area contributed by atoms with Gasteiger partial charge in [-0.25, -0.2) is 0 Å². The number of amides is 1. The molecule has 1 aliphatic rings. The topological polar surface area (TPSA) is 50.8 Å². The number of piperidine rings is 1. The Labute approximate surface area is 186 Å². The van der Waals surface area contributed by atoms with Crippen LogP contribution < -0.4 is 10.1 Å². The van der Waals surface area contributed by atoms with Gasteiger partial charge in [-0.3, -0.25) is 4.79 Å². The molecule has 1 saturated heterocycles. The van der Waals surface area contributed by atoms with Crippen LogP contribution in [0.15, 0.2) is 30.3 Å². The second-order valence-corrected chi connectivity index (χ2v) is 8.20. The van der Waals surface area contributed by atoms with E-state index in [0.717, 1.165) is 48.9 Å². The number of nitrogens with zero attached hydrogens (tertiary/aromatic N) is 1. The summed E-state index contributed by atoms with van der Waals surface area (Å²) >= 11 is 0. The van der Waals surface area contributed by atoms with Crippen LogP contribution in [0.25, 0.3) is 10.8 Å². The molecule has 0 aromatic heterocycles. The molecule has 0 aliphatic carbocycles. The minimum atomic E-state index is 0. The molecule has 166 valence electrons. The predicted molar refractivity (Wildman–Crippen MR) is 125 cm³/mol. The highest BCUT2D eigenvalue weighted by molar-refractivity contribution is 6.01. The molecule has 30 heavy (non-hydrogen) atoms. The van der Waals surface area contributed by atoms with Crippen molar-refractivity contribution in [3.63, 3.8) is 0 Å². The van der Waals surface area contributed by atoms with Crippen LogP contribution in [0, 0.1) is 6.92 Å². The van der Waals surface area contributed by atoms with E-state index in [0.29, 0.717) is 18.8 Å². The average molecular weight is 435 g/mol. The maximum Gasteiger partial charge on any atom is 0.254 e. The lowest BCUT2D eigenvalue weighted by molar-refractivity contribution is 0.0573. The zero-order chi connectivity index (χ0) is 20.8. The van der Waals surface area contributed by atoms with Crippen LogP contribution in [0.5, 0.6) is 5.75 Å². The summed E-state index contributed by atoms with van der Waals surface area (Å²) < 4.78 is 11.2. The van der Waals surface area contributed by atoms with Crippen LogP contribution in [0.4, 0.5) is 0 Å². The second kappa shape index (κ2) is 11.5. The molecule has 6 heteroatoms. The fraction of sp³-hybridized carbons (Fsp3) is 0.542. The van der Waals surface area contributed by atoms with Crippen molar-refractivity contribution in [3.05, 3.63) is 41.5 Å². The quantitative estimate of drug-likeness (QED) is 0.617. The number of hydrogen-bond donors (Lipinski definition) is 1. The Hall–Kier alpha value is -1.82. The van der Waals surface area contributed by atoms with Gasteiger partial charge in [0.25, 0.3) is 5.91 Å². The molecule has 2 aromatic carbocycles. The summed E-state index contributed by atoms with van der Waals surface area (Å²) in [5.41, 5.74) is 1.87. The standard InChI is InChI=1S/C24H34N2O3.ClH/c1-17(2)26(21-7-5-10-25-16-21)24(27)20-14-19-9-8-18(3)13-22(19)23(15-20)29-12-6-11-28-4;/h8-9,13-15,17,21,25H,5-7,10-12,16H2,1-4H3;1H/t21-;/m1./s1. The molecule has 3 rings (SSSR count). The fourth-order valence-electron chi connectivity index (χ4n) is 4.11.